The first-order valence-electron chi connectivity index (χ1n) is 10.2. The Morgan fingerprint density at radius 1 is 1.14 bits per heavy atom. The molecule has 152 valence electrons. The molecule has 5 heteroatoms. The molecule has 0 bridgehead atoms. The van der Waals surface area contributed by atoms with Gasteiger partial charge in [-0.2, -0.15) is 5.10 Å². The van der Waals surface area contributed by atoms with Crippen LogP contribution in [0.5, 0.6) is 0 Å². The van der Waals surface area contributed by atoms with Crippen LogP contribution in [0, 0.1) is 5.92 Å². The average molecular weight is 410 g/mol. The SMILES string of the molecule is CC1(C)CC(CC(=O)c2ccc(-n3ncc4ccccc43)c(Cl)c2)CC(C)(C)N1. The van der Waals surface area contributed by atoms with Gasteiger partial charge in [-0.25, -0.2) is 4.68 Å². The summed E-state index contributed by atoms with van der Waals surface area (Å²) in [6, 6.07) is 13.6. The Kier molecular flexibility index (Phi) is 5.04. The van der Waals surface area contributed by atoms with E-state index in [0.717, 1.165) is 29.4 Å². The molecule has 0 radical (unpaired) electrons. The molecule has 2 heterocycles. The van der Waals surface area contributed by atoms with Crippen LogP contribution in [0.2, 0.25) is 5.02 Å². The summed E-state index contributed by atoms with van der Waals surface area (Å²) in [6.07, 6.45) is 4.36. The van der Waals surface area contributed by atoms with Crippen molar-refractivity contribution >= 4 is 28.3 Å². The van der Waals surface area contributed by atoms with Crippen molar-refractivity contribution in [3.8, 4) is 5.69 Å². The van der Waals surface area contributed by atoms with Gasteiger partial charge in [0.15, 0.2) is 5.78 Å². The normalized spacial score (nSPS) is 18.8. The smallest absolute Gasteiger partial charge is 0.163 e. The number of nitrogens with one attached hydrogen (secondary N) is 1. The maximum Gasteiger partial charge on any atom is 0.163 e. The third-order valence-electron chi connectivity index (χ3n) is 5.72. The highest BCUT2D eigenvalue weighted by molar-refractivity contribution is 6.32. The Morgan fingerprint density at radius 2 is 1.83 bits per heavy atom. The van der Waals surface area contributed by atoms with Crippen LogP contribution in [0.3, 0.4) is 0 Å². The first kappa shape index (κ1) is 20.1. The van der Waals surface area contributed by atoms with E-state index in [9.17, 15) is 4.79 Å². The fourth-order valence-corrected chi connectivity index (χ4v) is 5.33. The van der Waals surface area contributed by atoms with Crippen LogP contribution in [0.25, 0.3) is 16.6 Å². The van der Waals surface area contributed by atoms with Gasteiger partial charge in [0.2, 0.25) is 0 Å². The first-order chi connectivity index (χ1) is 13.6. The Hall–Kier alpha value is -2.17. The third-order valence-corrected chi connectivity index (χ3v) is 6.03. The summed E-state index contributed by atoms with van der Waals surface area (Å²) in [4.78, 5) is 13.0. The predicted octanol–water partition coefficient (Wildman–Crippen LogP) is 5.81. The van der Waals surface area contributed by atoms with Gasteiger partial charge in [0.25, 0.3) is 0 Å². The highest BCUT2D eigenvalue weighted by Crippen LogP contribution is 2.35. The monoisotopic (exact) mass is 409 g/mol. The van der Waals surface area contributed by atoms with Crippen LogP contribution in [0.15, 0.2) is 48.7 Å². The van der Waals surface area contributed by atoms with Crippen molar-refractivity contribution in [3.63, 3.8) is 0 Å². The van der Waals surface area contributed by atoms with Crippen LogP contribution >= 0.6 is 11.6 Å². The highest BCUT2D eigenvalue weighted by Gasteiger charge is 2.38. The van der Waals surface area contributed by atoms with Crippen LogP contribution in [0.4, 0.5) is 0 Å². The number of fused-ring (bicyclic) bond motifs is 1. The van der Waals surface area contributed by atoms with Crippen molar-refractivity contribution in [2.45, 2.75) is 58.0 Å². The minimum atomic E-state index is 0.0371. The molecule has 0 atom stereocenters. The van der Waals surface area contributed by atoms with E-state index >= 15 is 0 Å². The number of hydrogen-bond donors (Lipinski definition) is 1. The highest BCUT2D eigenvalue weighted by atomic mass is 35.5. The lowest BCUT2D eigenvalue weighted by molar-refractivity contribution is 0.0864. The van der Waals surface area contributed by atoms with Crippen molar-refractivity contribution in [1.29, 1.82) is 0 Å². The first-order valence-corrected chi connectivity index (χ1v) is 10.6. The summed E-state index contributed by atoms with van der Waals surface area (Å²) >= 11 is 6.58. The molecule has 0 amide bonds. The Bertz CT molecular complexity index is 1050. The zero-order valence-corrected chi connectivity index (χ0v) is 18.3. The summed E-state index contributed by atoms with van der Waals surface area (Å²) in [5.41, 5.74) is 2.52. The molecule has 1 aromatic heterocycles. The Balaban J connectivity index is 1.56. The molecule has 4 rings (SSSR count). The fraction of sp³-hybridized carbons (Fsp3) is 0.417. The van der Waals surface area contributed by atoms with E-state index in [1.54, 1.807) is 6.07 Å². The van der Waals surface area contributed by atoms with Crippen molar-refractivity contribution in [2.75, 3.05) is 0 Å². The number of carbonyl (C=O) groups is 1. The van der Waals surface area contributed by atoms with Crippen LogP contribution in [-0.2, 0) is 0 Å². The average Bonchev–Trinajstić information content (AvgIpc) is 3.02. The number of halogens is 1. The van der Waals surface area contributed by atoms with Gasteiger partial charge in [-0.05, 0) is 70.7 Å². The van der Waals surface area contributed by atoms with E-state index in [2.05, 4.69) is 38.1 Å². The lowest BCUT2D eigenvalue weighted by Gasteiger charge is -2.46. The van der Waals surface area contributed by atoms with E-state index < -0.39 is 0 Å². The Morgan fingerprint density at radius 3 is 2.52 bits per heavy atom. The quantitative estimate of drug-likeness (QED) is 0.553. The van der Waals surface area contributed by atoms with Crippen molar-refractivity contribution < 1.29 is 4.79 Å². The standard InChI is InChI=1S/C24H28ClN3O/c1-23(2)13-16(14-24(3,4)27-23)11-22(29)17-9-10-21(19(25)12-17)28-20-8-6-5-7-18(20)15-26-28/h5-10,12,15-16,27H,11,13-14H2,1-4H3. The molecule has 4 nitrogen and oxygen atoms in total. The maximum absolute atomic E-state index is 13.0. The number of hydrogen-bond acceptors (Lipinski definition) is 3. The van der Waals surface area contributed by atoms with E-state index in [1.807, 2.05) is 47.3 Å². The second-order valence-electron chi connectivity index (χ2n) is 9.58. The van der Waals surface area contributed by atoms with Gasteiger partial charge in [-0.1, -0.05) is 29.8 Å². The summed E-state index contributed by atoms with van der Waals surface area (Å²) < 4.78 is 1.82. The zero-order valence-electron chi connectivity index (χ0n) is 17.5. The number of ketones is 1. The molecule has 0 aliphatic carbocycles. The van der Waals surface area contributed by atoms with E-state index in [1.165, 1.54) is 0 Å². The molecule has 1 aliphatic heterocycles. The molecule has 2 aromatic carbocycles. The molecule has 0 saturated carbocycles. The molecule has 1 fully saturated rings. The lowest BCUT2D eigenvalue weighted by atomic mass is 9.74. The number of rotatable bonds is 4. The number of para-hydroxylation sites is 1. The number of Topliss-reactive ketones (excluding diaryl/α,β-unsaturated/α-hetero) is 1. The molecular formula is C24H28ClN3O. The summed E-state index contributed by atoms with van der Waals surface area (Å²) in [5, 5.41) is 9.74. The summed E-state index contributed by atoms with van der Waals surface area (Å²) in [6.45, 7) is 8.85. The minimum absolute atomic E-state index is 0.0371. The minimum Gasteiger partial charge on any atom is -0.307 e. The Labute approximate surface area is 177 Å². The molecular weight excluding hydrogens is 382 g/mol. The largest absolute Gasteiger partial charge is 0.307 e. The molecule has 0 spiro atoms. The van der Waals surface area contributed by atoms with Gasteiger partial charge in [-0.3, -0.25) is 4.79 Å². The van der Waals surface area contributed by atoms with Crippen LogP contribution < -0.4 is 5.32 Å². The number of aromatic nitrogens is 2. The second kappa shape index (κ2) is 7.26. The molecule has 1 aliphatic rings. The van der Waals surface area contributed by atoms with Crippen molar-refractivity contribution in [3.05, 3.63) is 59.2 Å². The molecule has 0 unspecified atom stereocenters. The van der Waals surface area contributed by atoms with Gasteiger partial charge in [-0.15, -0.1) is 0 Å². The lowest BCUT2D eigenvalue weighted by Crippen LogP contribution is -2.57. The molecule has 1 N–H and O–H groups in total. The van der Waals surface area contributed by atoms with E-state index in [4.69, 9.17) is 11.6 Å². The predicted molar refractivity (Wildman–Crippen MR) is 119 cm³/mol. The van der Waals surface area contributed by atoms with E-state index in [-0.39, 0.29) is 16.9 Å². The van der Waals surface area contributed by atoms with Gasteiger partial charge >= 0.3 is 0 Å². The third kappa shape index (κ3) is 4.24. The van der Waals surface area contributed by atoms with Crippen LogP contribution in [0.1, 0.15) is 57.3 Å². The van der Waals surface area contributed by atoms with Crippen molar-refractivity contribution in [2.24, 2.45) is 5.92 Å². The molecule has 1 saturated heterocycles. The van der Waals surface area contributed by atoms with Gasteiger partial charge in [0.1, 0.15) is 0 Å². The molecule has 3 aromatic rings. The molecule has 29 heavy (non-hydrogen) atoms. The number of nitrogens with zero attached hydrogens (tertiary/aromatic N) is 2. The van der Waals surface area contributed by atoms with Gasteiger partial charge < -0.3 is 5.32 Å². The van der Waals surface area contributed by atoms with Crippen LogP contribution in [-0.4, -0.2) is 26.6 Å². The number of carbonyl (C=O) groups excluding carboxylic acids is 1. The summed E-state index contributed by atoms with van der Waals surface area (Å²) in [7, 11) is 0. The second-order valence-corrected chi connectivity index (χ2v) is 9.98. The zero-order chi connectivity index (χ0) is 20.8. The number of benzene rings is 2. The van der Waals surface area contributed by atoms with E-state index in [0.29, 0.717) is 22.9 Å². The van der Waals surface area contributed by atoms with Crippen molar-refractivity contribution in [1.82, 2.24) is 15.1 Å². The number of piperidine rings is 1. The topological polar surface area (TPSA) is 46.9 Å². The summed E-state index contributed by atoms with van der Waals surface area (Å²) in [5.74, 6) is 0.518. The maximum atomic E-state index is 13.0. The van der Waals surface area contributed by atoms with Gasteiger partial charge in [0, 0.05) is 28.4 Å². The van der Waals surface area contributed by atoms with Gasteiger partial charge in [0.05, 0.1) is 22.4 Å². The fourth-order valence-electron chi connectivity index (χ4n) is 5.07.